The van der Waals surface area contributed by atoms with E-state index in [2.05, 4.69) is 4.98 Å². The number of ether oxygens (including phenoxy) is 1. The molecule has 4 nitrogen and oxygen atoms in total. The van der Waals surface area contributed by atoms with Gasteiger partial charge in [-0.25, -0.2) is 4.98 Å². The summed E-state index contributed by atoms with van der Waals surface area (Å²) in [5.41, 5.74) is 1.33. The molecule has 1 aromatic heterocycles. The molecule has 1 N–H and O–H groups in total. The first-order valence-corrected chi connectivity index (χ1v) is 5.10. The molecule has 0 aliphatic heterocycles. The number of hydrogen-bond acceptors (Lipinski definition) is 4. The minimum Gasteiger partial charge on any atom is -0.439 e. The summed E-state index contributed by atoms with van der Waals surface area (Å²) in [5, 5.41) is 8.89. The number of hydrogen-bond donors (Lipinski definition) is 1. The molecule has 0 aliphatic carbocycles. The lowest BCUT2D eigenvalue weighted by Gasteiger charge is -2.04. The zero-order chi connectivity index (χ0) is 12.1. The number of rotatable bonds is 4. The van der Waals surface area contributed by atoms with Gasteiger partial charge in [-0.15, -0.1) is 0 Å². The monoisotopic (exact) mass is 229 g/mol. The van der Waals surface area contributed by atoms with Crippen molar-refractivity contribution in [2.75, 3.05) is 0 Å². The third-order valence-corrected chi connectivity index (χ3v) is 2.22. The largest absolute Gasteiger partial charge is 0.439 e. The predicted molar refractivity (Wildman–Crippen MR) is 62.1 cm³/mol. The molecule has 1 heterocycles. The quantitative estimate of drug-likeness (QED) is 0.816. The molecule has 0 amide bonds. The maximum absolute atomic E-state index is 10.4. The second-order valence-corrected chi connectivity index (χ2v) is 3.45. The van der Waals surface area contributed by atoms with Crippen LogP contribution in [0.25, 0.3) is 0 Å². The normalized spacial score (nSPS) is 9.94. The van der Waals surface area contributed by atoms with Crippen molar-refractivity contribution in [1.29, 1.82) is 0 Å². The number of carbonyl (C=O) groups excluding carboxylic acids is 1. The molecule has 86 valence electrons. The number of aldehydes is 1. The number of pyridine rings is 1. The minimum absolute atomic E-state index is 0.00651. The first kappa shape index (κ1) is 11.3. The van der Waals surface area contributed by atoms with Crippen LogP contribution in [0.1, 0.15) is 15.9 Å². The third-order valence-electron chi connectivity index (χ3n) is 2.22. The Labute approximate surface area is 98.5 Å². The van der Waals surface area contributed by atoms with Gasteiger partial charge in [-0.05, 0) is 23.8 Å². The predicted octanol–water partition coefficient (Wildman–Crippen LogP) is 2.18. The highest BCUT2D eigenvalue weighted by atomic mass is 16.5. The average Bonchev–Trinajstić information content (AvgIpc) is 2.40. The number of carbonyl (C=O) groups is 1. The summed E-state index contributed by atoms with van der Waals surface area (Å²) in [6.07, 6.45) is 2.18. The van der Waals surface area contributed by atoms with E-state index in [0.29, 0.717) is 17.2 Å². The Hall–Kier alpha value is -2.20. The highest BCUT2D eigenvalue weighted by Crippen LogP contribution is 2.19. The Kier molecular flexibility index (Phi) is 3.47. The molecule has 0 spiro atoms. The third kappa shape index (κ3) is 2.89. The van der Waals surface area contributed by atoms with Crippen molar-refractivity contribution in [3.63, 3.8) is 0 Å². The van der Waals surface area contributed by atoms with Gasteiger partial charge in [0.1, 0.15) is 5.75 Å². The molecule has 0 saturated heterocycles. The first-order valence-electron chi connectivity index (χ1n) is 5.10. The molecule has 17 heavy (non-hydrogen) atoms. The summed E-state index contributed by atoms with van der Waals surface area (Å²) < 4.78 is 5.47. The van der Waals surface area contributed by atoms with Crippen molar-refractivity contribution >= 4 is 6.29 Å². The Morgan fingerprint density at radius 1 is 1.18 bits per heavy atom. The lowest BCUT2D eigenvalue weighted by molar-refractivity contribution is 0.112. The minimum atomic E-state index is 0.00651. The van der Waals surface area contributed by atoms with E-state index in [1.54, 1.807) is 36.4 Å². The Balaban J connectivity index is 2.10. The van der Waals surface area contributed by atoms with Gasteiger partial charge < -0.3 is 9.84 Å². The van der Waals surface area contributed by atoms with Crippen molar-refractivity contribution in [1.82, 2.24) is 4.98 Å². The van der Waals surface area contributed by atoms with E-state index >= 15 is 0 Å². The fourth-order valence-electron chi connectivity index (χ4n) is 1.31. The Morgan fingerprint density at radius 3 is 2.47 bits per heavy atom. The number of aromatic nitrogens is 1. The van der Waals surface area contributed by atoms with Gasteiger partial charge in [-0.1, -0.05) is 12.1 Å². The highest BCUT2D eigenvalue weighted by Gasteiger charge is 1.99. The maximum atomic E-state index is 10.4. The molecule has 2 aromatic rings. The molecule has 0 radical (unpaired) electrons. The average molecular weight is 229 g/mol. The molecule has 0 aliphatic rings. The van der Waals surface area contributed by atoms with Crippen LogP contribution in [0.3, 0.4) is 0 Å². The zero-order valence-corrected chi connectivity index (χ0v) is 9.04. The first-order chi connectivity index (χ1) is 8.31. The summed E-state index contributed by atoms with van der Waals surface area (Å²) in [5.74, 6) is 1.06. The molecule has 2 rings (SSSR count). The lowest BCUT2D eigenvalue weighted by atomic mass is 10.2. The highest BCUT2D eigenvalue weighted by molar-refractivity contribution is 5.74. The number of aliphatic hydroxyl groups excluding tert-OH is 1. The van der Waals surface area contributed by atoms with Crippen molar-refractivity contribution in [2.45, 2.75) is 6.61 Å². The van der Waals surface area contributed by atoms with Crippen LogP contribution in [0, 0.1) is 0 Å². The zero-order valence-electron chi connectivity index (χ0n) is 9.04. The molecule has 0 saturated carbocycles. The van der Waals surface area contributed by atoms with E-state index in [-0.39, 0.29) is 6.61 Å². The molecular weight excluding hydrogens is 218 g/mol. The molecule has 0 fully saturated rings. The molecule has 0 bridgehead atoms. The van der Waals surface area contributed by atoms with Gasteiger partial charge in [0, 0.05) is 17.8 Å². The van der Waals surface area contributed by atoms with Crippen molar-refractivity contribution in [2.24, 2.45) is 0 Å². The van der Waals surface area contributed by atoms with E-state index in [1.165, 1.54) is 6.20 Å². The van der Waals surface area contributed by atoms with Gasteiger partial charge in [0.2, 0.25) is 5.88 Å². The summed E-state index contributed by atoms with van der Waals surface area (Å²) in [6, 6.07) is 10.3. The number of aliphatic hydroxyl groups is 1. The van der Waals surface area contributed by atoms with E-state index in [4.69, 9.17) is 9.84 Å². The van der Waals surface area contributed by atoms with Crippen LogP contribution in [-0.2, 0) is 6.61 Å². The fraction of sp³-hybridized carbons (Fsp3) is 0.0769. The second kappa shape index (κ2) is 5.23. The van der Waals surface area contributed by atoms with Gasteiger partial charge in [0.25, 0.3) is 0 Å². The second-order valence-electron chi connectivity index (χ2n) is 3.45. The van der Waals surface area contributed by atoms with Crippen LogP contribution < -0.4 is 4.74 Å². The van der Waals surface area contributed by atoms with Gasteiger partial charge >= 0.3 is 0 Å². The van der Waals surface area contributed by atoms with Crippen LogP contribution in [0.4, 0.5) is 0 Å². The smallest absolute Gasteiger partial charge is 0.219 e. The van der Waals surface area contributed by atoms with Crippen LogP contribution in [0.2, 0.25) is 0 Å². The standard InChI is InChI=1S/C13H11NO3/c15-8-10-1-4-12(5-2-10)17-13-6-3-11(9-16)7-14-13/h1-7,9,15H,8H2. The molecule has 0 atom stereocenters. The topological polar surface area (TPSA) is 59.4 Å². The van der Waals surface area contributed by atoms with Crippen molar-refractivity contribution in [3.8, 4) is 11.6 Å². The lowest BCUT2D eigenvalue weighted by Crippen LogP contribution is -1.90. The van der Waals surface area contributed by atoms with Gasteiger partial charge in [-0.2, -0.15) is 0 Å². The van der Waals surface area contributed by atoms with Crippen molar-refractivity contribution in [3.05, 3.63) is 53.7 Å². The van der Waals surface area contributed by atoms with E-state index < -0.39 is 0 Å². The molecule has 1 aromatic carbocycles. The van der Waals surface area contributed by atoms with Gasteiger partial charge in [-0.3, -0.25) is 4.79 Å². The van der Waals surface area contributed by atoms with Gasteiger partial charge in [0.15, 0.2) is 6.29 Å². The Bertz CT molecular complexity index is 491. The van der Waals surface area contributed by atoms with Crippen LogP contribution in [0.15, 0.2) is 42.6 Å². The van der Waals surface area contributed by atoms with Crippen LogP contribution in [-0.4, -0.2) is 16.4 Å². The summed E-state index contributed by atoms with van der Waals surface area (Å²) in [7, 11) is 0. The maximum Gasteiger partial charge on any atom is 0.219 e. The molecule has 4 heteroatoms. The fourth-order valence-corrected chi connectivity index (χ4v) is 1.31. The number of benzene rings is 1. The van der Waals surface area contributed by atoms with E-state index in [9.17, 15) is 4.79 Å². The summed E-state index contributed by atoms with van der Waals surface area (Å²) in [4.78, 5) is 14.4. The molecule has 0 unspecified atom stereocenters. The van der Waals surface area contributed by atoms with Crippen LogP contribution in [0.5, 0.6) is 11.6 Å². The van der Waals surface area contributed by atoms with Crippen LogP contribution >= 0.6 is 0 Å². The molecular formula is C13H11NO3. The van der Waals surface area contributed by atoms with E-state index in [0.717, 1.165) is 11.8 Å². The van der Waals surface area contributed by atoms with Crippen molar-refractivity contribution < 1.29 is 14.6 Å². The summed E-state index contributed by atoms with van der Waals surface area (Å²) >= 11 is 0. The Morgan fingerprint density at radius 2 is 1.94 bits per heavy atom. The SMILES string of the molecule is O=Cc1ccc(Oc2ccc(CO)cc2)nc1. The van der Waals surface area contributed by atoms with E-state index in [1.807, 2.05) is 0 Å². The summed E-state index contributed by atoms with van der Waals surface area (Å²) in [6.45, 7) is 0.00651. The number of nitrogens with zero attached hydrogens (tertiary/aromatic N) is 1. The van der Waals surface area contributed by atoms with Gasteiger partial charge in [0.05, 0.1) is 6.61 Å².